The molecule has 0 aromatic heterocycles. The van der Waals surface area contributed by atoms with Crippen LogP contribution in [0.15, 0.2) is 78.9 Å². The maximum Gasteiger partial charge on any atom is 0.262 e. The van der Waals surface area contributed by atoms with Crippen LogP contribution < -0.4 is 14.8 Å². The van der Waals surface area contributed by atoms with Gasteiger partial charge in [0.25, 0.3) is 5.91 Å². The largest absolute Gasteiger partial charge is 0.489 e. The summed E-state index contributed by atoms with van der Waals surface area (Å²) in [5, 5.41) is 2.83. The lowest BCUT2D eigenvalue weighted by Crippen LogP contribution is -2.21. The maximum absolute atomic E-state index is 12.2. The molecule has 3 aromatic carbocycles. The van der Waals surface area contributed by atoms with E-state index in [-0.39, 0.29) is 18.6 Å². The molecule has 0 aliphatic carbocycles. The van der Waals surface area contributed by atoms with Crippen molar-refractivity contribution in [1.82, 2.24) is 0 Å². The highest BCUT2D eigenvalue weighted by Gasteiger charge is 2.09. The Kier molecular flexibility index (Phi) is 6.10. The minimum Gasteiger partial charge on any atom is -0.489 e. The fourth-order valence-electron chi connectivity index (χ4n) is 2.64. The number of anilines is 1. The normalized spacial score (nSPS) is 10.5. The van der Waals surface area contributed by atoms with E-state index >= 15 is 0 Å². The topological polar surface area (TPSA) is 47.6 Å². The minimum atomic E-state index is -0.234. The first kappa shape index (κ1) is 18.5. The van der Waals surface area contributed by atoms with Crippen LogP contribution in [0.1, 0.15) is 13.8 Å². The average molecular weight is 361 g/mol. The van der Waals surface area contributed by atoms with Crippen molar-refractivity contribution in [2.75, 3.05) is 11.9 Å². The number of benzene rings is 3. The number of amides is 1. The zero-order chi connectivity index (χ0) is 19.1. The molecule has 1 amide bonds. The van der Waals surface area contributed by atoms with E-state index in [4.69, 9.17) is 9.47 Å². The SMILES string of the molecule is CC(C)Oc1ccccc1NC(=O)COc1ccc(-c2ccccc2)cc1. The number of hydrogen-bond acceptors (Lipinski definition) is 3. The standard InChI is InChI=1S/C23H23NO3/c1-17(2)27-22-11-7-6-10-21(22)24-23(25)16-26-20-14-12-19(13-15-20)18-8-4-3-5-9-18/h3-15,17H,16H2,1-2H3,(H,24,25). The summed E-state index contributed by atoms with van der Waals surface area (Å²) in [5.41, 5.74) is 2.88. The number of carbonyl (C=O) groups excluding carboxylic acids is 1. The van der Waals surface area contributed by atoms with E-state index in [2.05, 4.69) is 17.4 Å². The van der Waals surface area contributed by atoms with E-state index in [1.807, 2.05) is 80.6 Å². The van der Waals surface area contributed by atoms with Crippen molar-refractivity contribution in [3.63, 3.8) is 0 Å². The zero-order valence-electron chi connectivity index (χ0n) is 15.5. The van der Waals surface area contributed by atoms with Gasteiger partial charge in [-0.15, -0.1) is 0 Å². The van der Waals surface area contributed by atoms with Crippen LogP contribution in [0.5, 0.6) is 11.5 Å². The van der Waals surface area contributed by atoms with Gasteiger partial charge >= 0.3 is 0 Å². The molecule has 3 rings (SSSR count). The second kappa shape index (κ2) is 8.90. The highest BCUT2D eigenvalue weighted by Crippen LogP contribution is 2.25. The van der Waals surface area contributed by atoms with Gasteiger partial charge in [0.05, 0.1) is 11.8 Å². The van der Waals surface area contributed by atoms with E-state index < -0.39 is 0 Å². The molecule has 0 fully saturated rings. The summed E-state index contributed by atoms with van der Waals surface area (Å²) in [6.07, 6.45) is 0.0300. The zero-order valence-corrected chi connectivity index (χ0v) is 15.5. The van der Waals surface area contributed by atoms with Crippen LogP contribution >= 0.6 is 0 Å². The molecule has 0 bridgehead atoms. The molecule has 0 saturated heterocycles. The molecule has 138 valence electrons. The van der Waals surface area contributed by atoms with Crippen molar-refractivity contribution >= 4 is 11.6 Å². The van der Waals surface area contributed by atoms with Crippen LogP contribution in [0.25, 0.3) is 11.1 Å². The van der Waals surface area contributed by atoms with Gasteiger partial charge in [0.1, 0.15) is 11.5 Å². The first-order valence-corrected chi connectivity index (χ1v) is 8.95. The molecule has 1 N–H and O–H groups in total. The summed E-state index contributed by atoms with van der Waals surface area (Å²) in [4.78, 5) is 12.2. The van der Waals surface area contributed by atoms with Crippen molar-refractivity contribution in [2.45, 2.75) is 20.0 Å². The van der Waals surface area contributed by atoms with Crippen molar-refractivity contribution in [2.24, 2.45) is 0 Å². The molecule has 27 heavy (non-hydrogen) atoms. The fourth-order valence-corrected chi connectivity index (χ4v) is 2.64. The molecule has 0 spiro atoms. The first-order chi connectivity index (χ1) is 13.1. The Labute approximate surface area is 159 Å². The Hall–Kier alpha value is -3.27. The van der Waals surface area contributed by atoms with E-state index in [1.165, 1.54) is 0 Å². The molecule has 0 unspecified atom stereocenters. The Bertz CT molecular complexity index is 874. The van der Waals surface area contributed by atoms with Crippen molar-refractivity contribution < 1.29 is 14.3 Å². The van der Waals surface area contributed by atoms with Gasteiger partial charge in [-0.05, 0) is 49.2 Å². The van der Waals surface area contributed by atoms with Gasteiger partial charge in [-0.1, -0.05) is 54.6 Å². The molecule has 0 saturated carbocycles. The van der Waals surface area contributed by atoms with Gasteiger partial charge < -0.3 is 14.8 Å². The molecular formula is C23H23NO3. The van der Waals surface area contributed by atoms with Gasteiger partial charge in [-0.3, -0.25) is 4.79 Å². The van der Waals surface area contributed by atoms with E-state index in [0.717, 1.165) is 11.1 Å². The fraction of sp³-hybridized carbons (Fsp3) is 0.174. The monoisotopic (exact) mass is 361 g/mol. The summed E-state index contributed by atoms with van der Waals surface area (Å²) in [5.74, 6) is 1.06. The van der Waals surface area contributed by atoms with Crippen LogP contribution in [0.4, 0.5) is 5.69 Å². The van der Waals surface area contributed by atoms with Gasteiger partial charge in [-0.25, -0.2) is 0 Å². The highest BCUT2D eigenvalue weighted by molar-refractivity contribution is 5.93. The number of rotatable bonds is 7. The second-order valence-electron chi connectivity index (χ2n) is 6.39. The predicted octanol–water partition coefficient (Wildman–Crippen LogP) is 5.16. The Morgan fingerprint density at radius 2 is 1.48 bits per heavy atom. The Morgan fingerprint density at radius 1 is 0.852 bits per heavy atom. The number of para-hydroxylation sites is 2. The molecule has 0 heterocycles. The van der Waals surface area contributed by atoms with Crippen molar-refractivity contribution in [3.05, 3.63) is 78.9 Å². The number of carbonyl (C=O) groups is 1. The molecule has 0 atom stereocenters. The molecule has 0 radical (unpaired) electrons. The lowest BCUT2D eigenvalue weighted by molar-refractivity contribution is -0.118. The summed E-state index contributed by atoms with van der Waals surface area (Å²) in [7, 11) is 0. The number of hydrogen-bond donors (Lipinski definition) is 1. The number of nitrogens with one attached hydrogen (secondary N) is 1. The molecule has 4 nitrogen and oxygen atoms in total. The van der Waals surface area contributed by atoms with Crippen molar-refractivity contribution in [1.29, 1.82) is 0 Å². The van der Waals surface area contributed by atoms with Crippen LogP contribution in [0.2, 0.25) is 0 Å². The van der Waals surface area contributed by atoms with Gasteiger partial charge in [-0.2, -0.15) is 0 Å². The smallest absolute Gasteiger partial charge is 0.262 e. The van der Waals surface area contributed by atoms with Crippen LogP contribution in [-0.2, 0) is 4.79 Å². The number of ether oxygens (including phenoxy) is 2. The van der Waals surface area contributed by atoms with E-state index in [0.29, 0.717) is 17.2 Å². The lowest BCUT2D eigenvalue weighted by Gasteiger charge is -2.15. The summed E-state index contributed by atoms with van der Waals surface area (Å²) >= 11 is 0. The quantitative estimate of drug-likeness (QED) is 0.632. The molecule has 0 aliphatic rings. The molecule has 4 heteroatoms. The third-order valence-electron chi connectivity index (χ3n) is 3.86. The third-order valence-corrected chi connectivity index (χ3v) is 3.86. The Balaban J connectivity index is 1.57. The first-order valence-electron chi connectivity index (χ1n) is 8.95. The molecule has 3 aromatic rings. The van der Waals surface area contributed by atoms with Crippen LogP contribution in [0, 0.1) is 0 Å². The van der Waals surface area contributed by atoms with Crippen LogP contribution in [-0.4, -0.2) is 18.6 Å². The third kappa shape index (κ3) is 5.35. The second-order valence-corrected chi connectivity index (χ2v) is 6.39. The summed E-state index contributed by atoms with van der Waals surface area (Å²) in [6, 6.07) is 25.2. The predicted molar refractivity (Wildman–Crippen MR) is 108 cm³/mol. The highest BCUT2D eigenvalue weighted by atomic mass is 16.5. The summed E-state index contributed by atoms with van der Waals surface area (Å²) in [6.45, 7) is 3.82. The minimum absolute atomic E-state index is 0.0300. The van der Waals surface area contributed by atoms with Gasteiger partial charge in [0, 0.05) is 0 Å². The van der Waals surface area contributed by atoms with Gasteiger partial charge in [0.2, 0.25) is 0 Å². The van der Waals surface area contributed by atoms with E-state index in [1.54, 1.807) is 0 Å². The van der Waals surface area contributed by atoms with Crippen molar-refractivity contribution in [3.8, 4) is 22.6 Å². The lowest BCUT2D eigenvalue weighted by atomic mass is 10.1. The van der Waals surface area contributed by atoms with E-state index in [9.17, 15) is 4.79 Å². The summed E-state index contributed by atoms with van der Waals surface area (Å²) < 4.78 is 11.3. The average Bonchev–Trinajstić information content (AvgIpc) is 2.69. The Morgan fingerprint density at radius 3 is 2.19 bits per heavy atom. The van der Waals surface area contributed by atoms with Crippen LogP contribution in [0.3, 0.4) is 0 Å². The maximum atomic E-state index is 12.2. The van der Waals surface area contributed by atoms with Gasteiger partial charge in [0.15, 0.2) is 6.61 Å². The molecule has 0 aliphatic heterocycles. The molecular weight excluding hydrogens is 338 g/mol.